The number of para-hydroxylation sites is 2. The molecule has 7 heteroatoms. The minimum absolute atomic E-state index is 0.0963. The van der Waals surface area contributed by atoms with Crippen molar-refractivity contribution >= 4 is 28.5 Å². The SMILES string of the molecule is O=C(NCc1nc2ccccc2[nH]1)C1CC(O)CN1Cc1ccc(Cl)cc1. The van der Waals surface area contributed by atoms with Crippen LogP contribution in [-0.2, 0) is 17.9 Å². The maximum Gasteiger partial charge on any atom is 0.237 e. The van der Waals surface area contributed by atoms with Crippen molar-refractivity contribution in [3.05, 3.63) is 64.9 Å². The van der Waals surface area contributed by atoms with Crippen molar-refractivity contribution in [1.82, 2.24) is 20.2 Å². The van der Waals surface area contributed by atoms with Crippen molar-refractivity contribution in [1.29, 1.82) is 0 Å². The highest BCUT2D eigenvalue weighted by Crippen LogP contribution is 2.22. The molecule has 0 saturated carbocycles. The first kappa shape index (κ1) is 18.0. The Morgan fingerprint density at radius 3 is 2.81 bits per heavy atom. The second-order valence-corrected chi connectivity index (χ2v) is 7.32. The number of carbonyl (C=O) groups excluding carboxylic acids is 1. The smallest absolute Gasteiger partial charge is 0.237 e. The minimum Gasteiger partial charge on any atom is -0.392 e. The Bertz CT molecular complexity index is 908. The summed E-state index contributed by atoms with van der Waals surface area (Å²) in [6, 6.07) is 14.9. The molecular formula is C20H21ClN4O2. The highest BCUT2D eigenvalue weighted by Gasteiger charge is 2.35. The molecule has 2 heterocycles. The molecule has 1 aliphatic rings. The molecular weight excluding hydrogens is 364 g/mol. The van der Waals surface area contributed by atoms with Gasteiger partial charge in [-0.2, -0.15) is 0 Å². The summed E-state index contributed by atoms with van der Waals surface area (Å²) in [6.07, 6.45) is -0.0706. The summed E-state index contributed by atoms with van der Waals surface area (Å²) in [5.74, 6) is 0.619. The summed E-state index contributed by atoms with van der Waals surface area (Å²) in [5.41, 5.74) is 2.88. The number of benzene rings is 2. The third-order valence-electron chi connectivity index (χ3n) is 4.85. The minimum atomic E-state index is -0.501. The van der Waals surface area contributed by atoms with Crippen LogP contribution in [0.15, 0.2) is 48.5 Å². The van der Waals surface area contributed by atoms with Gasteiger partial charge in [-0.15, -0.1) is 0 Å². The number of aromatic nitrogens is 2. The largest absolute Gasteiger partial charge is 0.392 e. The molecule has 1 amide bonds. The van der Waals surface area contributed by atoms with E-state index in [2.05, 4.69) is 15.3 Å². The second kappa shape index (κ2) is 7.68. The Hall–Kier alpha value is -2.41. The molecule has 6 nitrogen and oxygen atoms in total. The van der Waals surface area contributed by atoms with Crippen LogP contribution < -0.4 is 5.32 Å². The summed E-state index contributed by atoms with van der Waals surface area (Å²) >= 11 is 5.93. The molecule has 140 valence electrons. The number of nitrogens with one attached hydrogen (secondary N) is 2. The number of rotatable bonds is 5. The Balaban J connectivity index is 1.40. The number of likely N-dealkylation sites (tertiary alicyclic amines) is 1. The zero-order valence-corrected chi connectivity index (χ0v) is 15.5. The van der Waals surface area contributed by atoms with Crippen molar-refractivity contribution in [2.45, 2.75) is 31.7 Å². The van der Waals surface area contributed by atoms with Gasteiger partial charge in [0.05, 0.1) is 29.7 Å². The van der Waals surface area contributed by atoms with Crippen LogP contribution in [0.5, 0.6) is 0 Å². The van der Waals surface area contributed by atoms with E-state index in [1.807, 2.05) is 53.4 Å². The lowest BCUT2D eigenvalue weighted by molar-refractivity contribution is -0.125. The Kier molecular flexibility index (Phi) is 5.11. The zero-order chi connectivity index (χ0) is 18.8. The molecule has 0 aliphatic carbocycles. The van der Waals surface area contributed by atoms with Crippen LogP contribution in [-0.4, -0.2) is 44.6 Å². The molecule has 1 fully saturated rings. The molecule has 4 rings (SSSR count). The van der Waals surface area contributed by atoms with E-state index in [4.69, 9.17) is 11.6 Å². The number of fused-ring (bicyclic) bond motifs is 1. The number of imidazole rings is 1. The van der Waals surface area contributed by atoms with Crippen molar-refractivity contribution in [3.8, 4) is 0 Å². The maximum absolute atomic E-state index is 12.7. The molecule has 0 bridgehead atoms. The molecule has 2 atom stereocenters. The van der Waals surface area contributed by atoms with Gasteiger partial charge in [-0.05, 0) is 36.2 Å². The zero-order valence-electron chi connectivity index (χ0n) is 14.7. The molecule has 0 radical (unpaired) electrons. The average molecular weight is 385 g/mol. The van der Waals surface area contributed by atoms with Crippen LogP contribution >= 0.6 is 11.6 Å². The van der Waals surface area contributed by atoms with Crippen molar-refractivity contribution in [3.63, 3.8) is 0 Å². The number of carbonyl (C=O) groups is 1. The van der Waals surface area contributed by atoms with Crippen molar-refractivity contribution < 1.29 is 9.90 Å². The van der Waals surface area contributed by atoms with Gasteiger partial charge < -0.3 is 15.4 Å². The third-order valence-corrected chi connectivity index (χ3v) is 5.10. The van der Waals surface area contributed by atoms with E-state index in [-0.39, 0.29) is 11.9 Å². The standard InChI is InChI=1S/C20H21ClN4O2/c21-14-7-5-13(6-8-14)11-25-12-15(26)9-18(25)20(27)22-10-19-23-16-3-1-2-4-17(16)24-19/h1-8,15,18,26H,9-12H2,(H,22,27)(H,23,24). The molecule has 27 heavy (non-hydrogen) atoms. The van der Waals surface area contributed by atoms with Gasteiger partial charge in [-0.1, -0.05) is 35.9 Å². The third kappa shape index (κ3) is 4.13. The Labute approximate surface area is 162 Å². The van der Waals surface area contributed by atoms with Crippen LogP contribution in [0.2, 0.25) is 5.02 Å². The molecule has 2 aromatic carbocycles. The Morgan fingerprint density at radius 2 is 2.04 bits per heavy atom. The number of amides is 1. The predicted molar refractivity (Wildman–Crippen MR) is 104 cm³/mol. The Morgan fingerprint density at radius 1 is 1.26 bits per heavy atom. The lowest BCUT2D eigenvalue weighted by Gasteiger charge is -2.23. The van der Waals surface area contributed by atoms with Crippen molar-refractivity contribution in [2.24, 2.45) is 0 Å². The number of hydrogen-bond acceptors (Lipinski definition) is 4. The number of aromatic amines is 1. The molecule has 1 aliphatic heterocycles. The molecule has 2 unspecified atom stereocenters. The predicted octanol–water partition coefficient (Wildman–Crippen LogP) is 2.47. The van der Waals surface area contributed by atoms with Gasteiger partial charge in [-0.25, -0.2) is 4.98 Å². The molecule has 1 aromatic heterocycles. The number of aliphatic hydroxyl groups excluding tert-OH is 1. The van der Waals surface area contributed by atoms with E-state index in [0.29, 0.717) is 36.9 Å². The monoisotopic (exact) mass is 384 g/mol. The average Bonchev–Trinajstić information content (AvgIpc) is 3.24. The van der Waals surface area contributed by atoms with E-state index in [1.165, 1.54) is 0 Å². The first-order valence-corrected chi connectivity index (χ1v) is 9.34. The number of halogens is 1. The van der Waals surface area contributed by atoms with Gasteiger partial charge >= 0.3 is 0 Å². The van der Waals surface area contributed by atoms with Crippen LogP contribution in [0.1, 0.15) is 17.8 Å². The fraction of sp³-hybridized carbons (Fsp3) is 0.300. The van der Waals surface area contributed by atoms with Crippen molar-refractivity contribution in [2.75, 3.05) is 6.54 Å². The maximum atomic E-state index is 12.7. The van der Waals surface area contributed by atoms with Gasteiger partial charge in [0.2, 0.25) is 5.91 Å². The van der Waals surface area contributed by atoms with Crippen LogP contribution in [0.4, 0.5) is 0 Å². The second-order valence-electron chi connectivity index (χ2n) is 6.88. The van der Waals surface area contributed by atoms with Crippen LogP contribution in [0, 0.1) is 0 Å². The lowest BCUT2D eigenvalue weighted by Crippen LogP contribution is -2.42. The van der Waals surface area contributed by atoms with Crippen LogP contribution in [0.3, 0.4) is 0 Å². The van der Waals surface area contributed by atoms with E-state index in [1.54, 1.807) is 0 Å². The van der Waals surface area contributed by atoms with Gasteiger partial charge in [0, 0.05) is 18.1 Å². The topological polar surface area (TPSA) is 81.2 Å². The van der Waals surface area contributed by atoms with E-state index in [9.17, 15) is 9.90 Å². The fourth-order valence-electron chi connectivity index (χ4n) is 3.53. The highest BCUT2D eigenvalue weighted by molar-refractivity contribution is 6.30. The fourth-order valence-corrected chi connectivity index (χ4v) is 3.66. The van der Waals surface area contributed by atoms with E-state index in [0.717, 1.165) is 16.6 Å². The molecule has 3 N–H and O–H groups in total. The summed E-state index contributed by atoms with van der Waals surface area (Å²) in [6.45, 7) is 1.40. The van der Waals surface area contributed by atoms with Crippen LogP contribution in [0.25, 0.3) is 11.0 Å². The summed E-state index contributed by atoms with van der Waals surface area (Å²) in [7, 11) is 0. The number of H-pyrrole nitrogens is 1. The van der Waals surface area contributed by atoms with E-state index >= 15 is 0 Å². The van der Waals surface area contributed by atoms with Gasteiger partial charge in [0.15, 0.2) is 0 Å². The first-order valence-electron chi connectivity index (χ1n) is 8.96. The molecule has 1 saturated heterocycles. The lowest BCUT2D eigenvalue weighted by atomic mass is 10.1. The quantitative estimate of drug-likeness (QED) is 0.631. The molecule has 0 spiro atoms. The summed E-state index contributed by atoms with van der Waals surface area (Å²) in [4.78, 5) is 22.4. The molecule has 3 aromatic rings. The number of hydrogen-bond donors (Lipinski definition) is 3. The van der Waals surface area contributed by atoms with E-state index < -0.39 is 6.10 Å². The highest BCUT2D eigenvalue weighted by atomic mass is 35.5. The summed E-state index contributed by atoms with van der Waals surface area (Å²) in [5, 5.41) is 13.7. The normalized spacial score (nSPS) is 20.2. The number of nitrogens with zero attached hydrogens (tertiary/aromatic N) is 2. The number of aliphatic hydroxyl groups is 1. The first-order chi connectivity index (χ1) is 13.1. The van der Waals surface area contributed by atoms with Gasteiger partial charge in [-0.3, -0.25) is 9.69 Å². The number of β-amino-alcohol motifs (C(OH)–C–C–N with tert-alkyl or cyclic N) is 1. The van der Waals surface area contributed by atoms with Gasteiger partial charge in [0.25, 0.3) is 0 Å². The van der Waals surface area contributed by atoms with Gasteiger partial charge in [0.1, 0.15) is 5.82 Å². The summed E-state index contributed by atoms with van der Waals surface area (Å²) < 4.78 is 0.